The van der Waals surface area contributed by atoms with Crippen LogP contribution in [0.15, 0.2) is 36.7 Å². The molecule has 3 rings (SSSR count). The molecule has 0 aliphatic carbocycles. The number of nitrogens with one attached hydrogen (secondary N) is 2. The van der Waals surface area contributed by atoms with Crippen LogP contribution in [-0.4, -0.2) is 51.6 Å². The topological polar surface area (TPSA) is 81.2 Å². The highest BCUT2D eigenvalue weighted by Gasteiger charge is 2.19. The molecule has 2 aromatic rings. The second-order valence-corrected chi connectivity index (χ2v) is 5.56. The van der Waals surface area contributed by atoms with Crippen molar-refractivity contribution in [2.75, 3.05) is 19.6 Å². The van der Waals surface area contributed by atoms with Crippen LogP contribution in [0.4, 0.5) is 0 Å². The lowest BCUT2D eigenvalue weighted by molar-refractivity contribution is 0.0834. The minimum atomic E-state index is -0.593. The summed E-state index contributed by atoms with van der Waals surface area (Å²) in [5.41, 5.74) is 2.71. The van der Waals surface area contributed by atoms with Crippen LogP contribution in [0.2, 0.25) is 0 Å². The average Bonchev–Trinajstić information content (AvgIpc) is 3.07. The lowest BCUT2D eigenvalue weighted by atomic mass is 10.00. The SMILES string of the molecule is O=C(NCC(O)CN1CCc2ccccc2C1)c1ncc[nH]1. The van der Waals surface area contributed by atoms with Crippen molar-refractivity contribution in [3.63, 3.8) is 0 Å². The Morgan fingerprint density at radius 2 is 2.23 bits per heavy atom. The number of rotatable bonds is 5. The van der Waals surface area contributed by atoms with Gasteiger partial charge in [-0.1, -0.05) is 24.3 Å². The van der Waals surface area contributed by atoms with Crippen molar-refractivity contribution in [2.24, 2.45) is 0 Å². The number of aromatic nitrogens is 2. The molecule has 1 amide bonds. The van der Waals surface area contributed by atoms with Gasteiger partial charge in [0.05, 0.1) is 6.10 Å². The van der Waals surface area contributed by atoms with Crippen LogP contribution < -0.4 is 5.32 Å². The summed E-state index contributed by atoms with van der Waals surface area (Å²) in [5.74, 6) is -0.0351. The number of hydrogen-bond acceptors (Lipinski definition) is 4. The summed E-state index contributed by atoms with van der Waals surface area (Å²) < 4.78 is 0. The smallest absolute Gasteiger partial charge is 0.287 e. The Bertz CT molecular complexity index is 627. The van der Waals surface area contributed by atoms with E-state index < -0.39 is 6.10 Å². The fourth-order valence-corrected chi connectivity index (χ4v) is 2.76. The zero-order chi connectivity index (χ0) is 15.4. The number of carbonyl (C=O) groups is 1. The summed E-state index contributed by atoms with van der Waals surface area (Å²) in [7, 11) is 0. The molecule has 6 nitrogen and oxygen atoms in total. The molecule has 1 aliphatic heterocycles. The molecule has 1 atom stereocenters. The van der Waals surface area contributed by atoms with E-state index in [2.05, 4.69) is 38.4 Å². The lowest BCUT2D eigenvalue weighted by Gasteiger charge is -2.30. The van der Waals surface area contributed by atoms with Gasteiger partial charge in [0.2, 0.25) is 0 Å². The van der Waals surface area contributed by atoms with Crippen molar-refractivity contribution in [1.29, 1.82) is 0 Å². The molecule has 0 fully saturated rings. The van der Waals surface area contributed by atoms with E-state index in [4.69, 9.17) is 0 Å². The molecule has 0 bridgehead atoms. The number of aliphatic hydroxyl groups is 1. The third-order valence-electron chi connectivity index (χ3n) is 3.89. The molecule has 0 radical (unpaired) electrons. The largest absolute Gasteiger partial charge is 0.390 e. The predicted octanol–water partition coefficient (Wildman–Crippen LogP) is 0.559. The van der Waals surface area contributed by atoms with E-state index in [9.17, 15) is 9.90 Å². The average molecular weight is 300 g/mol. The number of amides is 1. The first-order chi connectivity index (χ1) is 10.7. The number of imidazole rings is 1. The van der Waals surface area contributed by atoms with Crippen LogP contribution in [0.25, 0.3) is 0 Å². The fraction of sp³-hybridized carbons (Fsp3) is 0.375. The van der Waals surface area contributed by atoms with Crippen molar-refractivity contribution >= 4 is 5.91 Å². The van der Waals surface area contributed by atoms with Gasteiger partial charge in [0.1, 0.15) is 0 Å². The van der Waals surface area contributed by atoms with Crippen molar-refractivity contribution in [1.82, 2.24) is 20.2 Å². The van der Waals surface area contributed by atoms with E-state index in [0.717, 1.165) is 19.5 Å². The lowest BCUT2D eigenvalue weighted by Crippen LogP contribution is -2.42. The van der Waals surface area contributed by atoms with Crippen LogP contribution in [0.3, 0.4) is 0 Å². The molecular weight excluding hydrogens is 280 g/mol. The van der Waals surface area contributed by atoms with E-state index >= 15 is 0 Å². The maximum absolute atomic E-state index is 11.7. The van der Waals surface area contributed by atoms with Crippen LogP contribution in [-0.2, 0) is 13.0 Å². The summed E-state index contributed by atoms with van der Waals surface area (Å²) in [5, 5.41) is 12.8. The summed E-state index contributed by atoms with van der Waals surface area (Å²) in [6.07, 6.45) is 3.53. The number of benzene rings is 1. The quantitative estimate of drug-likeness (QED) is 0.753. The van der Waals surface area contributed by atoms with E-state index in [1.807, 2.05) is 6.07 Å². The van der Waals surface area contributed by atoms with Gasteiger partial charge in [-0.2, -0.15) is 0 Å². The number of H-pyrrole nitrogens is 1. The molecule has 2 heterocycles. The summed E-state index contributed by atoms with van der Waals surface area (Å²) in [6.45, 7) is 2.55. The minimum absolute atomic E-state index is 0.220. The van der Waals surface area contributed by atoms with E-state index in [1.54, 1.807) is 6.20 Å². The zero-order valence-electron chi connectivity index (χ0n) is 12.3. The van der Waals surface area contributed by atoms with E-state index in [0.29, 0.717) is 6.54 Å². The van der Waals surface area contributed by atoms with Crippen molar-refractivity contribution in [3.05, 3.63) is 53.6 Å². The van der Waals surface area contributed by atoms with Gasteiger partial charge in [-0.3, -0.25) is 9.69 Å². The van der Waals surface area contributed by atoms with Gasteiger partial charge in [0, 0.05) is 38.6 Å². The number of hydrogen-bond donors (Lipinski definition) is 3. The van der Waals surface area contributed by atoms with Gasteiger partial charge < -0.3 is 15.4 Å². The Balaban J connectivity index is 1.46. The second kappa shape index (κ2) is 6.72. The maximum atomic E-state index is 11.7. The van der Waals surface area contributed by atoms with E-state index in [1.165, 1.54) is 17.3 Å². The van der Waals surface area contributed by atoms with Crippen LogP contribution in [0.5, 0.6) is 0 Å². The molecular formula is C16H20N4O2. The predicted molar refractivity (Wildman–Crippen MR) is 82.4 cm³/mol. The van der Waals surface area contributed by atoms with Crippen molar-refractivity contribution in [2.45, 2.75) is 19.1 Å². The number of nitrogens with zero attached hydrogens (tertiary/aromatic N) is 2. The van der Waals surface area contributed by atoms with Crippen molar-refractivity contribution < 1.29 is 9.90 Å². The molecule has 6 heteroatoms. The Labute approximate surface area is 129 Å². The highest BCUT2D eigenvalue weighted by Crippen LogP contribution is 2.18. The normalized spacial score (nSPS) is 16.0. The Hall–Kier alpha value is -2.18. The molecule has 0 saturated heterocycles. The highest BCUT2D eigenvalue weighted by atomic mass is 16.3. The van der Waals surface area contributed by atoms with E-state index in [-0.39, 0.29) is 18.3 Å². The second-order valence-electron chi connectivity index (χ2n) is 5.56. The summed E-state index contributed by atoms with van der Waals surface area (Å²) >= 11 is 0. The van der Waals surface area contributed by atoms with Gasteiger partial charge in [-0.05, 0) is 17.5 Å². The monoisotopic (exact) mass is 300 g/mol. The van der Waals surface area contributed by atoms with Crippen molar-refractivity contribution in [3.8, 4) is 0 Å². The first-order valence-electron chi connectivity index (χ1n) is 7.47. The van der Waals surface area contributed by atoms with Gasteiger partial charge in [0.25, 0.3) is 5.91 Å². The Kier molecular flexibility index (Phi) is 4.50. The molecule has 0 spiro atoms. The molecule has 22 heavy (non-hydrogen) atoms. The van der Waals surface area contributed by atoms with Crippen LogP contribution in [0.1, 0.15) is 21.7 Å². The van der Waals surface area contributed by atoms with Gasteiger partial charge >= 0.3 is 0 Å². The molecule has 1 aromatic carbocycles. The zero-order valence-corrected chi connectivity index (χ0v) is 12.3. The molecule has 3 N–H and O–H groups in total. The Morgan fingerprint density at radius 3 is 3.00 bits per heavy atom. The Morgan fingerprint density at radius 1 is 1.41 bits per heavy atom. The van der Waals surface area contributed by atoms with Gasteiger partial charge in [0.15, 0.2) is 5.82 Å². The van der Waals surface area contributed by atoms with Gasteiger partial charge in [-0.25, -0.2) is 4.98 Å². The third kappa shape index (κ3) is 3.52. The number of β-amino-alcohol motifs (C(OH)–C–C–N with tert-alkyl or cyclic N) is 1. The first-order valence-corrected chi connectivity index (χ1v) is 7.47. The number of carbonyl (C=O) groups excluding carboxylic acids is 1. The first kappa shape index (κ1) is 14.7. The number of aliphatic hydroxyl groups excluding tert-OH is 1. The highest BCUT2D eigenvalue weighted by molar-refractivity contribution is 5.90. The standard InChI is InChI=1S/C16H20N4O2/c21-14(9-19-16(22)15-17-6-7-18-15)11-20-8-5-12-3-1-2-4-13(12)10-20/h1-4,6-7,14,21H,5,8-11H2,(H,17,18)(H,19,22). The van der Waals surface area contributed by atoms with Crippen LogP contribution in [0, 0.1) is 0 Å². The molecule has 1 aliphatic rings. The molecule has 116 valence electrons. The number of aromatic amines is 1. The summed E-state index contributed by atoms with van der Waals surface area (Å²) in [4.78, 5) is 20.6. The minimum Gasteiger partial charge on any atom is -0.390 e. The van der Waals surface area contributed by atoms with Crippen LogP contribution >= 0.6 is 0 Å². The maximum Gasteiger partial charge on any atom is 0.287 e. The molecule has 1 unspecified atom stereocenters. The molecule has 1 aromatic heterocycles. The van der Waals surface area contributed by atoms with Gasteiger partial charge in [-0.15, -0.1) is 0 Å². The summed E-state index contributed by atoms with van der Waals surface area (Å²) in [6, 6.07) is 8.40. The number of fused-ring (bicyclic) bond motifs is 1. The fourth-order valence-electron chi connectivity index (χ4n) is 2.76. The third-order valence-corrected chi connectivity index (χ3v) is 3.89. The molecule has 0 saturated carbocycles.